The van der Waals surface area contributed by atoms with Crippen molar-refractivity contribution in [2.45, 2.75) is 25.0 Å². The molecule has 0 aliphatic rings. The molecule has 6 nitrogen and oxygen atoms in total. The number of methoxy groups -OCH3 is 2. The third kappa shape index (κ3) is 7.62. The molecule has 18 heavy (non-hydrogen) atoms. The van der Waals surface area contributed by atoms with Gasteiger partial charge in [0.15, 0.2) is 9.84 Å². The highest BCUT2D eigenvalue weighted by atomic mass is 32.2. The summed E-state index contributed by atoms with van der Waals surface area (Å²) in [5.74, 6) is -0.500. The molecule has 0 rings (SSSR count). The Bertz CT molecular complexity index is 324. The van der Waals surface area contributed by atoms with Gasteiger partial charge in [-0.05, 0) is 13.3 Å². The third-order valence-corrected chi connectivity index (χ3v) is 4.69. The minimum absolute atomic E-state index is 0.0120. The molecule has 0 aliphatic heterocycles. The number of esters is 1. The Labute approximate surface area is 109 Å². The van der Waals surface area contributed by atoms with Crippen molar-refractivity contribution in [2.24, 2.45) is 0 Å². The van der Waals surface area contributed by atoms with Crippen LogP contribution in [0.2, 0.25) is 0 Å². The van der Waals surface area contributed by atoms with Crippen molar-refractivity contribution in [2.75, 3.05) is 39.8 Å². The van der Waals surface area contributed by atoms with Gasteiger partial charge in [-0.15, -0.1) is 0 Å². The zero-order valence-electron chi connectivity index (χ0n) is 11.2. The highest BCUT2D eigenvalue weighted by molar-refractivity contribution is 7.92. The van der Waals surface area contributed by atoms with E-state index in [0.717, 1.165) is 0 Å². The van der Waals surface area contributed by atoms with E-state index in [1.165, 1.54) is 14.0 Å². The van der Waals surface area contributed by atoms with E-state index in [4.69, 9.17) is 9.47 Å². The average Bonchev–Trinajstić information content (AvgIpc) is 2.33. The molecular formula is C11H22O6S. The van der Waals surface area contributed by atoms with Crippen molar-refractivity contribution in [3.63, 3.8) is 0 Å². The lowest BCUT2D eigenvalue weighted by Crippen LogP contribution is -2.25. The standard InChI is InChI=1S/C11H22O6S/c1-10(9-11(12)16-3)18(13,14)8-4-5-17-7-6-15-2/h10H,4-9H2,1-3H3. The lowest BCUT2D eigenvalue weighted by atomic mass is 10.3. The van der Waals surface area contributed by atoms with Gasteiger partial charge in [-0.25, -0.2) is 8.42 Å². The maximum atomic E-state index is 11.8. The molecular weight excluding hydrogens is 260 g/mol. The largest absolute Gasteiger partial charge is 0.469 e. The molecule has 0 aromatic carbocycles. The van der Waals surface area contributed by atoms with E-state index in [0.29, 0.717) is 26.2 Å². The lowest BCUT2D eigenvalue weighted by Gasteiger charge is -2.11. The first-order chi connectivity index (χ1) is 8.44. The number of sulfone groups is 1. The van der Waals surface area contributed by atoms with E-state index in [1.807, 2.05) is 0 Å². The summed E-state index contributed by atoms with van der Waals surface area (Å²) in [4.78, 5) is 11.0. The summed E-state index contributed by atoms with van der Waals surface area (Å²) < 4.78 is 38.0. The van der Waals surface area contributed by atoms with Gasteiger partial charge in [-0.1, -0.05) is 0 Å². The predicted molar refractivity (Wildman–Crippen MR) is 67.2 cm³/mol. The fourth-order valence-electron chi connectivity index (χ4n) is 1.25. The van der Waals surface area contributed by atoms with E-state index >= 15 is 0 Å². The first-order valence-corrected chi connectivity index (χ1v) is 7.50. The minimum Gasteiger partial charge on any atom is -0.469 e. The van der Waals surface area contributed by atoms with Crippen LogP contribution in [0.5, 0.6) is 0 Å². The van der Waals surface area contributed by atoms with E-state index in [1.54, 1.807) is 7.11 Å². The number of carbonyl (C=O) groups excluding carboxylic acids is 1. The van der Waals surface area contributed by atoms with Crippen LogP contribution >= 0.6 is 0 Å². The minimum atomic E-state index is -3.27. The van der Waals surface area contributed by atoms with E-state index < -0.39 is 21.1 Å². The monoisotopic (exact) mass is 282 g/mol. The molecule has 1 unspecified atom stereocenters. The van der Waals surface area contributed by atoms with Crippen molar-refractivity contribution in [3.05, 3.63) is 0 Å². The van der Waals surface area contributed by atoms with Gasteiger partial charge in [0.1, 0.15) is 0 Å². The number of ether oxygens (including phenoxy) is 3. The van der Waals surface area contributed by atoms with Gasteiger partial charge in [0.2, 0.25) is 0 Å². The summed E-state index contributed by atoms with van der Waals surface area (Å²) >= 11 is 0. The van der Waals surface area contributed by atoms with Gasteiger partial charge in [0.05, 0.1) is 37.7 Å². The topological polar surface area (TPSA) is 78.9 Å². The van der Waals surface area contributed by atoms with Crippen molar-refractivity contribution >= 4 is 15.8 Å². The molecule has 0 aromatic rings. The average molecular weight is 282 g/mol. The highest BCUT2D eigenvalue weighted by Crippen LogP contribution is 2.09. The van der Waals surface area contributed by atoms with Crippen molar-refractivity contribution in [1.82, 2.24) is 0 Å². The van der Waals surface area contributed by atoms with Crippen LogP contribution < -0.4 is 0 Å². The van der Waals surface area contributed by atoms with Gasteiger partial charge in [-0.2, -0.15) is 0 Å². The normalized spacial score (nSPS) is 13.3. The zero-order chi connectivity index (χ0) is 14.0. The predicted octanol–water partition coefficient (Wildman–Crippen LogP) is 0.406. The lowest BCUT2D eigenvalue weighted by molar-refractivity contribution is -0.140. The van der Waals surface area contributed by atoms with Crippen LogP contribution in [0.3, 0.4) is 0 Å². The number of carbonyl (C=O) groups is 1. The molecule has 0 bridgehead atoms. The second kappa shape index (κ2) is 9.29. The molecule has 0 N–H and O–H groups in total. The fourth-order valence-corrected chi connectivity index (χ4v) is 2.57. The molecule has 0 amide bonds. The number of hydrogen-bond donors (Lipinski definition) is 0. The summed E-state index contributed by atoms with van der Waals surface area (Å²) in [6.07, 6.45) is 0.306. The van der Waals surface area contributed by atoms with Crippen LogP contribution in [0.15, 0.2) is 0 Å². The highest BCUT2D eigenvalue weighted by Gasteiger charge is 2.23. The Kier molecular flexibility index (Phi) is 8.95. The van der Waals surface area contributed by atoms with Gasteiger partial charge < -0.3 is 14.2 Å². The van der Waals surface area contributed by atoms with Crippen molar-refractivity contribution in [3.8, 4) is 0 Å². The summed E-state index contributed by atoms with van der Waals surface area (Å²) in [5, 5.41) is -0.719. The molecule has 0 heterocycles. The fraction of sp³-hybridized carbons (Fsp3) is 0.909. The summed E-state index contributed by atoms with van der Waals surface area (Å²) in [6, 6.07) is 0. The Morgan fingerprint density at radius 2 is 1.83 bits per heavy atom. The van der Waals surface area contributed by atoms with E-state index in [-0.39, 0.29) is 12.2 Å². The molecule has 0 saturated heterocycles. The Morgan fingerprint density at radius 3 is 2.39 bits per heavy atom. The second-order valence-electron chi connectivity index (χ2n) is 3.92. The number of rotatable bonds is 10. The van der Waals surface area contributed by atoms with Crippen LogP contribution in [0.4, 0.5) is 0 Å². The van der Waals surface area contributed by atoms with Crippen molar-refractivity contribution in [1.29, 1.82) is 0 Å². The first-order valence-electron chi connectivity index (χ1n) is 5.79. The molecule has 0 radical (unpaired) electrons. The zero-order valence-corrected chi connectivity index (χ0v) is 12.0. The summed E-state index contributed by atoms with van der Waals surface area (Å²) in [6.45, 7) is 2.82. The number of hydrogen-bond acceptors (Lipinski definition) is 6. The first kappa shape index (κ1) is 17.3. The van der Waals surface area contributed by atoms with E-state index in [2.05, 4.69) is 4.74 Å². The SMILES string of the molecule is COCCOCCCS(=O)(=O)C(C)CC(=O)OC. The quantitative estimate of drug-likeness (QED) is 0.426. The van der Waals surface area contributed by atoms with Gasteiger partial charge in [-0.3, -0.25) is 4.79 Å². The van der Waals surface area contributed by atoms with Gasteiger partial charge >= 0.3 is 5.97 Å². The van der Waals surface area contributed by atoms with Crippen LogP contribution in [0, 0.1) is 0 Å². The molecule has 108 valence electrons. The maximum absolute atomic E-state index is 11.8. The third-order valence-electron chi connectivity index (χ3n) is 2.44. The van der Waals surface area contributed by atoms with Gasteiger partial charge in [0.25, 0.3) is 0 Å². The summed E-state index contributed by atoms with van der Waals surface area (Å²) in [7, 11) is -0.457. The smallest absolute Gasteiger partial charge is 0.306 e. The van der Waals surface area contributed by atoms with Gasteiger partial charge in [0, 0.05) is 13.7 Å². The Balaban J connectivity index is 3.89. The van der Waals surface area contributed by atoms with Crippen LogP contribution in [-0.4, -0.2) is 59.4 Å². The molecule has 0 aromatic heterocycles. The van der Waals surface area contributed by atoms with E-state index in [9.17, 15) is 13.2 Å². The van der Waals surface area contributed by atoms with Crippen LogP contribution in [0.25, 0.3) is 0 Å². The molecule has 0 saturated carbocycles. The second-order valence-corrected chi connectivity index (χ2v) is 6.46. The molecule has 0 spiro atoms. The van der Waals surface area contributed by atoms with Crippen molar-refractivity contribution < 1.29 is 27.4 Å². The molecule has 0 fully saturated rings. The maximum Gasteiger partial charge on any atom is 0.306 e. The van der Waals surface area contributed by atoms with Crippen LogP contribution in [0.1, 0.15) is 19.8 Å². The molecule has 7 heteroatoms. The van der Waals surface area contributed by atoms with Crippen LogP contribution in [-0.2, 0) is 28.8 Å². The molecule has 1 atom stereocenters. The Morgan fingerprint density at radius 1 is 1.17 bits per heavy atom. The Hall–Kier alpha value is -0.660. The molecule has 0 aliphatic carbocycles. The summed E-state index contributed by atoms with van der Waals surface area (Å²) in [5.41, 5.74) is 0.